The van der Waals surface area contributed by atoms with E-state index in [1.54, 1.807) is 6.07 Å². The molecule has 1 aliphatic rings. The van der Waals surface area contributed by atoms with Crippen molar-refractivity contribution in [3.05, 3.63) is 36.3 Å². The molecule has 1 aliphatic heterocycles. The number of carbonyl (C=O) groups is 1. The molecule has 1 saturated heterocycles. The minimum atomic E-state index is -0.0242. The Labute approximate surface area is 150 Å². The van der Waals surface area contributed by atoms with Crippen molar-refractivity contribution in [2.75, 3.05) is 6.54 Å². The van der Waals surface area contributed by atoms with Crippen LogP contribution in [0.25, 0.3) is 5.82 Å². The van der Waals surface area contributed by atoms with E-state index in [2.05, 4.69) is 35.3 Å². The summed E-state index contributed by atoms with van der Waals surface area (Å²) in [5.41, 5.74) is 0.459. The van der Waals surface area contributed by atoms with Crippen LogP contribution in [0, 0.1) is 6.92 Å². The molecule has 1 fully saturated rings. The van der Waals surface area contributed by atoms with Gasteiger partial charge in [-0.25, -0.2) is 4.98 Å². The number of amides is 1. The Kier molecular flexibility index (Phi) is 4.46. The van der Waals surface area contributed by atoms with E-state index in [9.17, 15) is 4.79 Å². The smallest absolute Gasteiger partial charge is 0.272 e. The summed E-state index contributed by atoms with van der Waals surface area (Å²) in [5.74, 6) is 1.48. The molecule has 0 spiro atoms. The Hall–Kier alpha value is -3.04. The van der Waals surface area contributed by atoms with Crippen LogP contribution in [0.15, 0.2) is 24.8 Å². The zero-order valence-corrected chi connectivity index (χ0v) is 14.6. The summed E-state index contributed by atoms with van der Waals surface area (Å²) in [6.07, 6.45) is 9.35. The molecule has 0 bridgehead atoms. The third kappa shape index (κ3) is 3.22. The molecule has 1 N–H and O–H groups in total. The normalized spacial score (nSPS) is 17.6. The largest absolute Gasteiger partial charge is 0.335 e. The van der Waals surface area contributed by atoms with Crippen molar-refractivity contribution in [1.29, 1.82) is 0 Å². The molecule has 10 nitrogen and oxygen atoms in total. The predicted molar refractivity (Wildman–Crippen MR) is 91.6 cm³/mol. The van der Waals surface area contributed by atoms with Crippen LogP contribution >= 0.6 is 0 Å². The average molecular weight is 355 g/mol. The maximum atomic E-state index is 13.0. The molecule has 0 aromatic carbocycles. The third-order valence-corrected chi connectivity index (χ3v) is 4.89. The number of aromatic nitrogens is 8. The topological polar surface area (TPSA) is 110 Å². The lowest BCUT2D eigenvalue weighted by molar-refractivity contribution is 0.0589. The van der Waals surface area contributed by atoms with Gasteiger partial charge in [-0.15, -0.1) is 5.10 Å². The van der Waals surface area contributed by atoms with E-state index in [-0.39, 0.29) is 11.9 Å². The van der Waals surface area contributed by atoms with Crippen LogP contribution in [-0.4, -0.2) is 63.3 Å². The number of hydrogen-bond acceptors (Lipinski definition) is 6. The summed E-state index contributed by atoms with van der Waals surface area (Å²) in [5, 5.41) is 17.9. The van der Waals surface area contributed by atoms with Crippen LogP contribution in [0.4, 0.5) is 0 Å². The zero-order valence-electron chi connectivity index (χ0n) is 14.6. The first-order valence-corrected chi connectivity index (χ1v) is 8.80. The highest BCUT2D eigenvalue weighted by Crippen LogP contribution is 2.22. The Balaban J connectivity index is 1.47. The first-order chi connectivity index (χ1) is 12.7. The number of tetrazole rings is 1. The minimum absolute atomic E-state index is 0.0242. The number of nitrogens with zero attached hydrogens (tertiary/aromatic N) is 8. The van der Waals surface area contributed by atoms with E-state index in [1.807, 2.05) is 24.2 Å². The molecule has 1 amide bonds. The standard InChI is InChI=1S/C16H21N9O/c1-12-17-6-9-23(12)8-5-13-4-2-3-7-24(13)16(26)14-10-15(20-19-14)25-11-18-21-22-25/h6,9-11,13H,2-5,7-8H2,1H3,(H,19,20). The molecule has 1 unspecified atom stereocenters. The molecule has 4 rings (SSSR count). The van der Waals surface area contributed by atoms with Gasteiger partial charge in [0.2, 0.25) is 0 Å². The summed E-state index contributed by atoms with van der Waals surface area (Å²) in [6.45, 7) is 3.62. The SMILES string of the molecule is Cc1nccn1CCC1CCCCN1C(=O)c1cc(-n2cnnn2)n[nH]1. The maximum absolute atomic E-state index is 13.0. The van der Waals surface area contributed by atoms with Gasteiger partial charge >= 0.3 is 0 Å². The van der Waals surface area contributed by atoms with Crippen LogP contribution in [0.2, 0.25) is 0 Å². The van der Waals surface area contributed by atoms with Crippen molar-refractivity contribution < 1.29 is 4.79 Å². The highest BCUT2D eigenvalue weighted by atomic mass is 16.2. The number of aromatic amines is 1. The number of H-pyrrole nitrogens is 1. The van der Waals surface area contributed by atoms with Crippen LogP contribution < -0.4 is 0 Å². The Morgan fingerprint density at radius 3 is 3.08 bits per heavy atom. The van der Waals surface area contributed by atoms with Gasteiger partial charge in [0, 0.05) is 37.6 Å². The molecule has 4 heterocycles. The van der Waals surface area contributed by atoms with E-state index in [4.69, 9.17) is 0 Å². The van der Waals surface area contributed by atoms with E-state index >= 15 is 0 Å². The maximum Gasteiger partial charge on any atom is 0.272 e. The minimum Gasteiger partial charge on any atom is -0.335 e. The second-order valence-electron chi connectivity index (χ2n) is 6.50. The molecule has 26 heavy (non-hydrogen) atoms. The van der Waals surface area contributed by atoms with E-state index in [0.717, 1.165) is 44.6 Å². The third-order valence-electron chi connectivity index (χ3n) is 4.89. The molecule has 10 heteroatoms. The summed E-state index contributed by atoms with van der Waals surface area (Å²) < 4.78 is 3.55. The van der Waals surface area contributed by atoms with Crippen LogP contribution in [0.3, 0.4) is 0 Å². The summed E-state index contributed by atoms with van der Waals surface area (Å²) in [7, 11) is 0. The number of aryl methyl sites for hydroxylation is 2. The van der Waals surface area contributed by atoms with Gasteiger partial charge in [0.05, 0.1) is 0 Å². The average Bonchev–Trinajstić information content (AvgIpc) is 3.41. The van der Waals surface area contributed by atoms with Crippen LogP contribution in [0.1, 0.15) is 42.0 Å². The van der Waals surface area contributed by atoms with E-state index in [1.165, 1.54) is 11.0 Å². The molecule has 1 atom stereocenters. The molecule has 3 aromatic rings. The van der Waals surface area contributed by atoms with E-state index in [0.29, 0.717) is 11.5 Å². The van der Waals surface area contributed by atoms with Gasteiger partial charge in [0.25, 0.3) is 5.91 Å². The second kappa shape index (κ2) is 7.06. The molecule has 0 aliphatic carbocycles. The van der Waals surface area contributed by atoms with Crippen LogP contribution in [-0.2, 0) is 6.54 Å². The van der Waals surface area contributed by atoms with Gasteiger partial charge in [-0.3, -0.25) is 9.89 Å². The van der Waals surface area contributed by atoms with Gasteiger partial charge in [0.15, 0.2) is 5.82 Å². The molecular formula is C16H21N9O. The number of imidazole rings is 1. The summed E-state index contributed by atoms with van der Waals surface area (Å²) in [4.78, 5) is 19.2. The first-order valence-electron chi connectivity index (χ1n) is 8.80. The van der Waals surface area contributed by atoms with Crippen molar-refractivity contribution in [2.24, 2.45) is 0 Å². The van der Waals surface area contributed by atoms with Crippen molar-refractivity contribution in [3.63, 3.8) is 0 Å². The van der Waals surface area contributed by atoms with Crippen molar-refractivity contribution >= 4 is 5.91 Å². The molecule has 0 radical (unpaired) electrons. The molecule has 3 aromatic heterocycles. The number of nitrogens with one attached hydrogen (secondary N) is 1. The van der Waals surface area contributed by atoms with Gasteiger partial charge in [0.1, 0.15) is 17.8 Å². The fourth-order valence-electron chi connectivity index (χ4n) is 3.46. The zero-order chi connectivity index (χ0) is 17.9. The van der Waals surface area contributed by atoms with Gasteiger partial charge in [-0.2, -0.15) is 9.78 Å². The number of piperidine rings is 1. The Morgan fingerprint density at radius 1 is 1.38 bits per heavy atom. The molecular weight excluding hydrogens is 334 g/mol. The van der Waals surface area contributed by atoms with E-state index < -0.39 is 0 Å². The lowest BCUT2D eigenvalue weighted by atomic mass is 9.98. The quantitative estimate of drug-likeness (QED) is 0.730. The molecule has 0 saturated carbocycles. The Morgan fingerprint density at radius 2 is 2.31 bits per heavy atom. The monoisotopic (exact) mass is 355 g/mol. The van der Waals surface area contributed by atoms with Crippen molar-refractivity contribution in [2.45, 2.75) is 45.2 Å². The van der Waals surface area contributed by atoms with Crippen molar-refractivity contribution in [1.82, 2.24) is 44.9 Å². The number of carbonyl (C=O) groups excluding carboxylic acids is 1. The van der Waals surface area contributed by atoms with Crippen LogP contribution in [0.5, 0.6) is 0 Å². The Bertz CT molecular complexity index is 866. The van der Waals surface area contributed by atoms with Gasteiger partial charge < -0.3 is 9.47 Å². The predicted octanol–water partition coefficient (Wildman–Crippen LogP) is 0.975. The fraction of sp³-hybridized carbons (Fsp3) is 0.500. The second-order valence-corrected chi connectivity index (χ2v) is 6.50. The van der Waals surface area contributed by atoms with Gasteiger partial charge in [-0.1, -0.05) is 0 Å². The number of rotatable bonds is 5. The highest BCUT2D eigenvalue weighted by Gasteiger charge is 2.28. The van der Waals surface area contributed by atoms with Gasteiger partial charge in [-0.05, 0) is 43.0 Å². The lowest BCUT2D eigenvalue weighted by Gasteiger charge is -2.35. The lowest BCUT2D eigenvalue weighted by Crippen LogP contribution is -2.44. The number of hydrogen-bond donors (Lipinski definition) is 1. The molecule has 136 valence electrons. The fourth-order valence-corrected chi connectivity index (χ4v) is 3.46. The van der Waals surface area contributed by atoms with Crippen molar-refractivity contribution in [3.8, 4) is 5.82 Å². The number of likely N-dealkylation sites (tertiary alicyclic amines) is 1. The summed E-state index contributed by atoms with van der Waals surface area (Å²) in [6, 6.07) is 1.91. The highest BCUT2D eigenvalue weighted by molar-refractivity contribution is 5.93. The summed E-state index contributed by atoms with van der Waals surface area (Å²) >= 11 is 0. The first kappa shape index (κ1) is 16.4.